The minimum Gasteiger partial charge on any atom is -0.484 e. The zero-order chi connectivity index (χ0) is 25.2. The van der Waals surface area contributed by atoms with Crippen LogP contribution >= 0.6 is 11.6 Å². The molecule has 1 aromatic carbocycles. The van der Waals surface area contributed by atoms with Crippen LogP contribution in [0.3, 0.4) is 0 Å². The Morgan fingerprint density at radius 3 is 2.27 bits per heavy atom. The second-order valence-electron chi connectivity index (χ2n) is 9.60. The van der Waals surface area contributed by atoms with Crippen molar-refractivity contribution in [3.8, 4) is 17.0 Å². The lowest BCUT2D eigenvalue weighted by Crippen LogP contribution is -2.54. The van der Waals surface area contributed by atoms with Gasteiger partial charge in [-0.25, -0.2) is 14.8 Å². The predicted octanol–water partition coefficient (Wildman–Crippen LogP) is 6.51. The van der Waals surface area contributed by atoms with Crippen molar-refractivity contribution in [1.29, 1.82) is 0 Å². The molecule has 6 nitrogen and oxygen atoms in total. The molecule has 0 fully saturated rings. The third-order valence-electron chi connectivity index (χ3n) is 4.87. The lowest BCUT2D eigenvalue weighted by Gasteiger charge is -2.44. The van der Waals surface area contributed by atoms with Crippen LogP contribution < -0.4 is 10.5 Å². The Labute approximate surface area is 196 Å². The third-order valence-corrected chi connectivity index (χ3v) is 5.17. The van der Waals surface area contributed by atoms with Gasteiger partial charge in [-0.2, -0.15) is 13.2 Å². The third kappa shape index (κ3) is 6.96. The molecule has 0 aliphatic heterocycles. The average Bonchev–Trinajstić information content (AvgIpc) is 2.64. The van der Waals surface area contributed by atoms with Crippen LogP contribution in [0.1, 0.15) is 53.8 Å². The Balaban J connectivity index is 2.44. The number of hydrogen-bond acceptors (Lipinski definition) is 5. The van der Waals surface area contributed by atoms with Crippen molar-refractivity contribution in [2.24, 2.45) is 17.1 Å². The number of nitrogens with zero attached hydrogens (tertiary/aromatic N) is 2. The van der Waals surface area contributed by atoms with Gasteiger partial charge in [-0.1, -0.05) is 46.2 Å². The van der Waals surface area contributed by atoms with Gasteiger partial charge in [0.25, 0.3) is 0 Å². The monoisotopic (exact) mass is 487 g/mol. The number of carbonyl (C=O) groups is 1. The number of rotatable bonds is 7. The lowest BCUT2D eigenvalue weighted by atomic mass is 9.75. The first-order valence-electron chi connectivity index (χ1n) is 10.4. The van der Waals surface area contributed by atoms with Gasteiger partial charge in [-0.3, -0.25) is 0 Å². The number of primary amides is 1. The molecule has 2 N–H and O–H groups in total. The fourth-order valence-corrected chi connectivity index (χ4v) is 4.22. The highest BCUT2D eigenvalue weighted by Gasteiger charge is 2.47. The number of ether oxygens (including phenoxy) is 2. The van der Waals surface area contributed by atoms with E-state index < -0.39 is 35.2 Å². The maximum atomic E-state index is 13.0. The maximum Gasteiger partial charge on any atom is 0.451 e. The minimum absolute atomic E-state index is 0.0693. The second-order valence-corrected chi connectivity index (χ2v) is 10.0. The number of benzene rings is 1. The molecule has 1 unspecified atom stereocenters. The van der Waals surface area contributed by atoms with Gasteiger partial charge in [0.05, 0.1) is 10.7 Å². The first kappa shape index (κ1) is 26.7. The number of nitrogens with two attached hydrogens (primary N) is 1. The number of alkyl halides is 3. The number of amides is 1. The molecule has 0 bridgehead atoms. The van der Waals surface area contributed by atoms with Gasteiger partial charge in [0, 0.05) is 17.2 Å². The van der Waals surface area contributed by atoms with E-state index in [-0.39, 0.29) is 22.4 Å². The van der Waals surface area contributed by atoms with Crippen LogP contribution in [0.15, 0.2) is 30.5 Å². The molecule has 10 heteroatoms. The molecule has 0 saturated heterocycles. The van der Waals surface area contributed by atoms with Crippen molar-refractivity contribution in [2.75, 3.05) is 0 Å². The number of halogens is 4. The van der Waals surface area contributed by atoms with Gasteiger partial charge in [0.2, 0.25) is 5.82 Å². The summed E-state index contributed by atoms with van der Waals surface area (Å²) < 4.78 is 50.7. The van der Waals surface area contributed by atoms with Crippen LogP contribution in [-0.2, 0) is 10.9 Å². The van der Waals surface area contributed by atoms with Crippen LogP contribution in [0.4, 0.5) is 18.0 Å². The molecule has 182 valence electrons. The molecule has 2 atom stereocenters. The van der Waals surface area contributed by atoms with Crippen molar-refractivity contribution >= 4 is 17.7 Å². The summed E-state index contributed by atoms with van der Waals surface area (Å²) in [5, 5.41) is 0.167. The molecule has 0 radical (unpaired) electrons. The standard InChI is InChI=1S/C23H29ClF3N3O3/c1-13(2)12-22(6,33-20(28)31)18(21(3,4)5)32-17-8-7-14(11-15(17)24)16-9-10-29-19(30-16)23(25,26)27/h7-11,13,18H,12H2,1-6H3,(H2,28,31)/t18-,22?/m0/s1. The van der Waals surface area contributed by atoms with Crippen LogP contribution in [0, 0.1) is 11.3 Å². The largest absolute Gasteiger partial charge is 0.484 e. The van der Waals surface area contributed by atoms with Crippen LogP contribution in [0.2, 0.25) is 5.02 Å². The predicted molar refractivity (Wildman–Crippen MR) is 120 cm³/mol. The Kier molecular flexibility index (Phi) is 7.89. The fraction of sp³-hybridized carbons (Fsp3) is 0.522. The quantitative estimate of drug-likeness (QED) is 0.481. The lowest BCUT2D eigenvalue weighted by molar-refractivity contribution is -0.144. The molecular weight excluding hydrogens is 459 g/mol. The molecule has 0 spiro atoms. The molecule has 1 heterocycles. The first-order chi connectivity index (χ1) is 15.0. The van der Waals surface area contributed by atoms with Crippen molar-refractivity contribution in [1.82, 2.24) is 9.97 Å². The van der Waals surface area contributed by atoms with Crippen LogP contribution in [0.5, 0.6) is 5.75 Å². The molecule has 0 saturated carbocycles. The van der Waals surface area contributed by atoms with E-state index in [1.807, 2.05) is 34.6 Å². The van der Waals surface area contributed by atoms with E-state index in [9.17, 15) is 18.0 Å². The molecule has 1 aromatic heterocycles. The van der Waals surface area contributed by atoms with Gasteiger partial charge < -0.3 is 15.2 Å². The highest BCUT2D eigenvalue weighted by molar-refractivity contribution is 6.32. The van der Waals surface area contributed by atoms with Crippen LogP contribution in [-0.4, -0.2) is 27.8 Å². The molecule has 0 aliphatic carbocycles. The van der Waals surface area contributed by atoms with Crippen molar-refractivity contribution in [3.05, 3.63) is 41.3 Å². The van der Waals surface area contributed by atoms with E-state index in [1.54, 1.807) is 19.1 Å². The minimum atomic E-state index is -4.66. The normalized spacial score (nSPS) is 15.1. The Bertz CT molecular complexity index is 993. The van der Waals surface area contributed by atoms with E-state index in [0.717, 1.165) is 6.20 Å². The molecular formula is C23H29ClF3N3O3. The van der Waals surface area contributed by atoms with Gasteiger partial charge in [0.15, 0.2) is 0 Å². The highest BCUT2D eigenvalue weighted by Crippen LogP contribution is 2.40. The van der Waals surface area contributed by atoms with Gasteiger partial charge in [0.1, 0.15) is 17.5 Å². The van der Waals surface area contributed by atoms with Crippen molar-refractivity contribution in [2.45, 2.75) is 65.8 Å². The molecule has 2 rings (SSSR count). The van der Waals surface area contributed by atoms with E-state index in [1.165, 1.54) is 12.1 Å². The highest BCUT2D eigenvalue weighted by atomic mass is 35.5. The Morgan fingerprint density at radius 1 is 1.15 bits per heavy atom. The summed E-state index contributed by atoms with van der Waals surface area (Å²) in [7, 11) is 0. The van der Waals surface area contributed by atoms with Crippen LogP contribution in [0.25, 0.3) is 11.3 Å². The van der Waals surface area contributed by atoms with E-state index in [2.05, 4.69) is 9.97 Å². The first-order valence-corrected chi connectivity index (χ1v) is 10.8. The summed E-state index contributed by atoms with van der Waals surface area (Å²) in [6.45, 7) is 11.5. The topological polar surface area (TPSA) is 87.3 Å². The molecule has 1 amide bonds. The van der Waals surface area contributed by atoms with E-state index in [4.69, 9.17) is 26.8 Å². The Hall–Kier alpha value is -2.55. The van der Waals surface area contributed by atoms with Crippen molar-refractivity contribution < 1.29 is 27.4 Å². The van der Waals surface area contributed by atoms with Gasteiger partial charge in [-0.15, -0.1) is 0 Å². The summed E-state index contributed by atoms with van der Waals surface area (Å²) in [6, 6.07) is 5.93. The summed E-state index contributed by atoms with van der Waals surface area (Å²) in [5.74, 6) is -0.785. The SMILES string of the molecule is CC(C)CC(C)(OC(N)=O)[C@@H](Oc1ccc(-c2ccnc(C(F)(F)F)n2)cc1Cl)C(C)(C)C. The zero-order valence-corrected chi connectivity index (χ0v) is 20.2. The number of hydrogen-bond donors (Lipinski definition) is 1. The fourth-order valence-electron chi connectivity index (χ4n) is 4.00. The van der Waals surface area contributed by atoms with E-state index >= 15 is 0 Å². The smallest absolute Gasteiger partial charge is 0.451 e. The number of aromatic nitrogens is 2. The summed E-state index contributed by atoms with van der Waals surface area (Å²) in [6.07, 6.45) is -4.70. The maximum absolute atomic E-state index is 13.0. The second kappa shape index (κ2) is 9.75. The van der Waals surface area contributed by atoms with Crippen molar-refractivity contribution in [3.63, 3.8) is 0 Å². The van der Waals surface area contributed by atoms with E-state index in [0.29, 0.717) is 12.0 Å². The van der Waals surface area contributed by atoms with Gasteiger partial charge in [-0.05, 0) is 43.5 Å². The summed E-state index contributed by atoms with van der Waals surface area (Å²) >= 11 is 6.44. The molecule has 2 aromatic rings. The zero-order valence-electron chi connectivity index (χ0n) is 19.5. The molecule has 33 heavy (non-hydrogen) atoms. The summed E-state index contributed by atoms with van der Waals surface area (Å²) in [5.41, 5.74) is 4.23. The molecule has 0 aliphatic rings. The average molecular weight is 488 g/mol. The summed E-state index contributed by atoms with van der Waals surface area (Å²) in [4.78, 5) is 18.5. The number of carbonyl (C=O) groups excluding carboxylic acids is 1. The Morgan fingerprint density at radius 2 is 1.79 bits per heavy atom. The van der Waals surface area contributed by atoms with Gasteiger partial charge >= 0.3 is 12.3 Å².